The Kier molecular flexibility index (Phi) is 5.65. The fourth-order valence-electron chi connectivity index (χ4n) is 3.33. The second kappa shape index (κ2) is 7.28. The van der Waals surface area contributed by atoms with Gasteiger partial charge >= 0.3 is 0 Å². The molecule has 2 N–H and O–H groups in total. The fraction of sp³-hybridized carbons (Fsp3) is 0.882. The van der Waals surface area contributed by atoms with E-state index in [1.807, 2.05) is 0 Å². The fourth-order valence-corrected chi connectivity index (χ4v) is 3.33. The standard InChI is InChI=1S/C17H30N2O2/c1-17(2,16(21)19-14-11-7-8-12-14)15(20)18-13-9-5-3-4-6-10-13/h13-14H,3-12H2,1-2H3,(H,18,20)(H,19,21). The second-order valence-electron chi connectivity index (χ2n) is 7.24. The van der Waals surface area contributed by atoms with Crippen molar-refractivity contribution >= 4 is 11.8 Å². The number of amides is 2. The number of hydrogen-bond donors (Lipinski definition) is 2. The molecule has 0 aromatic rings. The number of nitrogens with one attached hydrogen (secondary N) is 2. The van der Waals surface area contributed by atoms with Gasteiger partial charge in [0.15, 0.2) is 0 Å². The molecule has 2 aliphatic rings. The molecule has 2 saturated carbocycles. The van der Waals surface area contributed by atoms with E-state index in [0.29, 0.717) is 0 Å². The lowest BCUT2D eigenvalue weighted by Gasteiger charge is -2.27. The van der Waals surface area contributed by atoms with Crippen LogP contribution in [0.15, 0.2) is 0 Å². The maximum absolute atomic E-state index is 12.5. The van der Waals surface area contributed by atoms with Crippen molar-refractivity contribution in [1.82, 2.24) is 10.6 Å². The van der Waals surface area contributed by atoms with Crippen LogP contribution in [0.5, 0.6) is 0 Å². The summed E-state index contributed by atoms with van der Waals surface area (Å²) < 4.78 is 0. The lowest BCUT2D eigenvalue weighted by Crippen LogP contribution is -2.52. The first-order valence-electron chi connectivity index (χ1n) is 8.62. The van der Waals surface area contributed by atoms with Gasteiger partial charge in [-0.1, -0.05) is 38.5 Å². The van der Waals surface area contributed by atoms with E-state index in [1.165, 1.54) is 38.5 Å². The minimum atomic E-state index is -0.977. The highest BCUT2D eigenvalue weighted by molar-refractivity contribution is 6.04. The van der Waals surface area contributed by atoms with Crippen molar-refractivity contribution in [2.24, 2.45) is 5.41 Å². The normalized spacial score (nSPS) is 21.8. The zero-order valence-corrected chi connectivity index (χ0v) is 13.5. The van der Waals surface area contributed by atoms with Gasteiger partial charge in [-0.25, -0.2) is 0 Å². The third kappa shape index (κ3) is 4.45. The van der Waals surface area contributed by atoms with Gasteiger partial charge in [0.1, 0.15) is 5.41 Å². The molecule has 0 atom stereocenters. The van der Waals surface area contributed by atoms with Crippen LogP contribution in [0, 0.1) is 5.41 Å². The van der Waals surface area contributed by atoms with Crippen LogP contribution in [0.1, 0.15) is 78.1 Å². The quantitative estimate of drug-likeness (QED) is 0.618. The monoisotopic (exact) mass is 294 g/mol. The summed E-state index contributed by atoms with van der Waals surface area (Å²) in [7, 11) is 0. The Hall–Kier alpha value is -1.06. The van der Waals surface area contributed by atoms with Gasteiger partial charge in [-0.2, -0.15) is 0 Å². The molecule has 4 nitrogen and oxygen atoms in total. The van der Waals surface area contributed by atoms with Crippen molar-refractivity contribution in [3.8, 4) is 0 Å². The molecule has 2 aliphatic carbocycles. The molecule has 120 valence electrons. The molecule has 2 rings (SSSR count). The summed E-state index contributed by atoms with van der Waals surface area (Å²) in [5.74, 6) is -0.245. The lowest BCUT2D eigenvalue weighted by atomic mass is 9.89. The Morgan fingerprint density at radius 3 is 1.43 bits per heavy atom. The van der Waals surface area contributed by atoms with Gasteiger partial charge < -0.3 is 10.6 Å². The minimum Gasteiger partial charge on any atom is -0.352 e. The van der Waals surface area contributed by atoms with E-state index in [4.69, 9.17) is 0 Å². The summed E-state index contributed by atoms with van der Waals surface area (Å²) in [6.45, 7) is 3.48. The second-order valence-corrected chi connectivity index (χ2v) is 7.24. The highest BCUT2D eigenvalue weighted by Crippen LogP contribution is 2.23. The molecule has 0 heterocycles. The third-order valence-corrected chi connectivity index (χ3v) is 5.02. The molecule has 0 radical (unpaired) electrons. The highest BCUT2D eigenvalue weighted by Gasteiger charge is 2.38. The number of rotatable bonds is 4. The van der Waals surface area contributed by atoms with Gasteiger partial charge in [0, 0.05) is 12.1 Å². The smallest absolute Gasteiger partial charge is 0.235 e. The number of carbonyl (C=O) groups is 2. The van der Waals surface area contributed by atoms with Crippen molar-refractivity contribution in [3.63, 3.8) is 0 Å². The topological polar surface area (TPSA) is 58.2 Å². The first kappa shape index (κ1) is 16.3. The molecule has 4 heteroatoms. The average Bonchev–Trinajstić information content (AvgIpc) is 2.81. The van der Waals surface area contributed by atoms with Gasteiger partial charge in [0.2, 0.25) is 11.8 Å². The molecule has 2 fully saturated rings. The Bertz CT molecular complexity index is 365. The summed E-state index contributed by atoms with van der Waals surface area (Å²) in [6, 6.07) is 0.515. The van der Waals surface area contributed by atoms with E-state index in [0.717, 1.165) is 25.7 Å². The average molecular weight is 294 g/mol. The zero-order valence-electron chi connectivity index (χ0n) is 13.5. The van der Waals surface area contributed by atoms with E-state index in [1.54, 1.807) is 13.8 Å². The maximum atomic E-state index is 12.5. The molecule has 0 aromatic heterocycles. The SMILES string of the molecule is CC(C)(C(=O)NC1CCCCCC1)C(=O)NC1CCCC1. The van der Waals surface area contributed by atoms with E-state index in [9.17, 15) is 9.59 Å². The first-order chi connectivity index (χ1) is 10.00. The molecule has 21 heavy (non-hydrogen) atoms. The van der Waals surface area contributed by atoms with Crippen molar-refractivity contribution in [1.29, 1.82) is 0 Å². The summed E-state index contributed by atoms with van der Waals surface area (Å²) in [5.41, 5.74) is -0.977. The Morgan fingerprint density at radius 2 is 1.05 bits per heavy atom. The van der Waals surface area contributed by atoms with Crippen LogP contribution < -0.4 is 10.6 Å². The van der Waals surface area contributed by atoms with Crippen molar-refractivity contribution in [3.05, 3.63) is 0 Å². The van der Waals surface area contributed by atoms with Crippen molar-refractivity contribution in [2.75, 3.05) is 0 Å². The number of hydrogen-bond acceptors (Lipinski definition) is 2. The minimum absolute atomic E-state index is 0.120. The van der Waals surface area contributed by atoms with E-state index < -0.39 is 5.41 Å². The largest absolute Gasteiger partial charge is 0.352 e. The first-order valence-corrected chi connectivity index (χ1v) is 8.62. The van der Waals surface area contributed by atoms with Crippen molar-refractivity contribution < 1.29 is 9.59 Å². The predicted octanol–water partition coefficient (Wildman–Crippen LogP) is 2.91. The van der Waals surface area contributed by atoms with Crippen LogP contribution in [0.4, 0.5) is 0 Å². The third-order valence-electron chi connectivity index (χ3n) is 5.02. The van der Waals surface area contributed by atoms with Crippen LogP contribution in [0.3, 0.4) is 0 Å². The van der Waals surface area contributed by atoms with Crippen LogP contribution in [-0.4, -0.2) is 23.9 Å². The molecular formula is C17H30N2O2. The van der Waals surface area contributed by atoms with Crippen LogP contribution >= 0.6 is 0 Å². The lowest BCUT2D eigenvalue weighted by molar-refractivity contribution is -0.142. The van der Waals surface area contributed by atoms with Crippen LogP contribution in [0.2, 0.25) is 0 Å². The molecule has 2 amide bonds. The zero-order chi connectivity index (χ0) is 15.3. The maximum Gasteiger partial charge on any atom is 0.235 e. The summed E-state index contributed by atoms with van der Waals surface area (Å²) in [5, 5.41) is 6.16. The predicted molar refractivity (Wildman–Crippen MR) is 83.8 cm³/mol. The van der Waals surface area contributed by atoms with Crippen LogP contribution in [0.25, 0.3) is 0 Å². The molecule has 0 aliphatic heterocycles. The molecule has 0 saturated heterocycles. The van der Waals surface area contributed by atoms with Gasteiger partial charge in [-0.15, -0.1) is 0 Å². The van der Waals surface area contributed by atoms with Gasteiger partial charge in [-0.05, 0) is 39.5 Å². The molecule has 0 aromatic carbocycles. The van der Waals surface area contributed by atoms with Crippen LogP contribution in [-0.2, 0) is 9.59 Å². The molecule has 0 spiro atoms. The molecule has 0 unspecified atom stereocenters. The van der Waals surface area contributed by atoms with Gasteiger partial charge in [0.05, 0.1) is 0 Å². The van der Waals surface area contributed by atoms with Crippen molar-refractivity contribution in [2.45, 2.75) is 90.1 Å². The Balaban J connectivity index is 1.86. The van der Waals surface area contributed by atoms with E-state index in [2.05, 4.69) is 10.6 Å². The highest BCUT2D eigenvalue weighted by atomic mass is 16.2. The Morgan fingerprint density at radius 1 is 0.714 bits per heavy atom. The Labute approximate surface area is 128 Å². The molecular weight excluding hydrogens is 264 g/mol. The van der Waals surface area contributed by atoms with E-state index >= 15 is 0 Å². The number of carbonyl (C=O) groups excluding carboxylic acids is 2. The summed E-state index contributed by atoms with van der Waals surface area (Å²) in [6.07, 6.45) is 11.4. The van der Waals surface area contributed by atoms with Gasteiger partial charge in [-0.3, -0.25) is 9.59 Å². The summed E-state index contributed by atoms with van der Waals surface area (Å²) in [4.78, 5) is 24.9. The van der Waals surface area contributed by atoms with E-state index in [-0.39, 0.29) is 23.9 Å². The van der Waals surface area contributed by atoms with Gasteiger partial charge in [0.25, 0.3) is 0 Å². The summed E-state index contributed by atoms with van der Waals surface area (Å²) >= 11 is 0. The molecule has 0 bridgehead atoms.